The second-order valence-electron chi connectivity index (χ2n) is 4.29. The first-order valence-corrected chi connectivity index (χ1v) is 4.60. The summed E-state index contributed by atoms with van der Waals surface area (Å²) >= 11 is 11.0. The second-order valence-corrected chi connectivity index (χ2v) is 5.14. The summed E-state index contributed by atoms with van der Waals surface area (Å²) in [4.78, 5) is 11.5. The van der Waals surface area contributed by atoms with Crippen LogP contribution in [0.15, 0.2) is 0 Å². The van der Waals surface area contributed by atoms with Crippen molar-refractivity contribution < 1.29 is 9.53 Å². The molecule has 0 heterocycles. The summed E-state index contributed by atoms with van der Waals surface area (Å²) in [6.45, 7) is 8.53. The van der Waals surface area contributed by atoms with E-state index in [0.29, 0.717) is 0 Å². The number of hydrogen-bond acceptors (Lipinski definition) is 3. The highest BCUT2D eigenvalue weighted by atomic mass is 35.5. The third-order valence-corrected chi connectivity index (χ3v) is 2.17. The van der Waals surface area contributed by atoms with Gasteiger partial charge in [0.25, 0.3) is 0 Å². The molecule has 0 amide bonds. The monoisotopic (exact) mass is 227 g/mol. The van der Waals surface area contributed by atoms with Gasteiger partial charge in [0.05, 0.1) is 0 Å². The highest BCUT2D eigenvalue weighted by Crippen LogP contribution is 2.23. The molecule has 0 atom stereocenters. The van der Waals surface area contributed by atoms with E-state index in [0.717, 1.165) is 3.94 Å². The molecule has 0 aliphatic carbocycles. The van der Waals surface area contributed by atoms with Crippen molar-refractivity contribution in [1.82, 2.24) is 3.94 Å². The van der Waals surface area contributed by atoms with E-state index >= 15 is 0 Å². The van der Waals surface area contributed by atoms with Gasteiger partial charge in [0.15, 0.2) is 0 Å². The number of halogens is 2. The Labute approximate surface area is 89.2 Å². The van der Waals surface area contributed by atoms with Crippen molar-refractivity contribution in [3.63, 3.8) is 0 Å². The van der Waals surface area contributed by atoms with Crippen LogP contribution < -0.4 is 0 Å². The molecule has 0 aromatic rings. The van der Waals surface area contributed by atoms with Crippen molar-refractivity contribution in [3.8, 4) is 0 Å². The first kappa shape index (κ1) is 13.0. The smallest absolute Gasteiger partial charge is 0.329 e. The Morgan fingerprint density at radius 2 is 1.54 bits per heavy atom. The molecule has 0 N–H and O–H groups in total. The molecule has 0 fully saturated rings. The average Bonchev–Trinajstić information content (AvgIpc) is 1.82. The Morgan fingerprint density at radius 1 is 1.15 bits per heavy atom. The van der Waals surface area contributed by atoms with Crippen LogP contribution in [0.25, 0.3) is 0 Å². The van der Waals surface area contributed by atoms with Crippen LogP contribution in [0.3, 0.4) is 0 Å². The fourth-order valence-corrected chi connectivity index (χ4v) is 0.610. The molecule has 78 valence electrons. The lowest BCUT2D eigenvalue weighted by Gasteiger charge is -2.29. The van der Waals surface area contributed by atoms with E-state index in [1.54, 1.807) is 34.6 Å². The predicted molar refractivity (Wildman–Crippen MR) is 53.5 cm³/mol. The van der Waals surface area contributed by atoms with Crippen molar-refractivity contribution in [1.29, 1.82) is 0 Å². The molecule has 0 aliphatic rings. The zero-order valence-electron chi connectivity index (χ0n) is 8.52. The molecule has 0 aromatic carbocycles. The first-order valence-electron chi connectivity index (χ1n) is 3.92. The van der Waals surface area contributed by atoms with Crippen LogP contribution in [-0.2, 0) is 9.53 Å². The Kier molecular flexibility index (Phi) is 4.03. The van der Waals surface area contributed by atoms with Crippen molar-refractivity contribution in [2.24, 2.45) is 0 Å². The molecular weight excluding hydrogens is 213 g/mol. The molecular formula is C8H15Cl2NO2. The van der Waals surface area contributed by atoms with Crippen molar-refractivity contribution in [3.05, 3.63) is 0 Å². The lowest BCUT2D eigenvalue weighted by Crippen LogP contribution is -2.44. The summed E-state index contributed by atoms with van der Waals surface area (Å²) in [6.07, 6.45) is 0. The molecule has 0 bridgehead atoms. The van der Waals surface area contributed by atoms with Crippen LogP contribution in [0.4, 0.5) is 0 Å². The number of rotatable bonds is 2. The number of nitrogens with zero attached hydrogens (tertiary/aromatic N) is 1. The van der Waals surface area contributed by atoms with Crippen LogP contribution in [-0.4, -0.2) is 21.0 Å². The van der Waals surface area contributed by atoms with Gasteiger partial charge in [-0.3, -0.25) is 0 Å². The van der Waals surface area contributed by atoms with Gasteiger partial charge in [-0.25, -0.2) is 4.79 Å². The maximum absolute atomic E-state index is 11.5. The van der Waals surface area contributed by atoms with Crippen molar-refractivity contribution in [2.75, 3.05) is 0 Å². The summed E-state index contributed by atoms with van der Waals surface area (Å²) < 4.78 is 5.91. The van der Waals surface area contributed by atoms with E-state index in [1.807, 2.05) is 0 Å². The largest absolute Gasteiger partial charge is 0.459 e. The highest BCUT2D eigenvalue weighted by molar-refractivity contribution is 6.35. The topological polar surface area (TPSA) is 29.5 Å². The van der Waals surface area contributed by atoms with Gasteiger partial charge >= 0.3 is 5.97 Å². The molecule has 0 aliphatic heterocycles. The Morgan fingerprint density at radius 3 is 1.77 bits per heavy atom. The lowest BCUT2D eigenvalue weighted by atomic mass is 10.1. The summed E-state index contributed by atoms with van der Waals surface area (Å²) in [5, 5.41) is 0. The zero-order valence-corrected chi connectivity index (χ0v) is 10.0. The minimum atomic E-state index is -1.03. The van der Waals surface area contributed by atoms with Crippen molar-refractivity contribution >= 4 is 29.5 Å². The van der Waals surface area contributed by atoms with Crippen LogP contribution >= 0.6 is 23.6 Å². The second kappa shape index (κ2) is 4.03. The summed E-state index contributed by atoms with van der Waals surface area (Å²) in [7, 11) is 0. The first-order chi connectivity index (χ1) is 5.57. The molecule has 0 aromatic heterocycles. The van der Waals surface area contributed by atoms with E-state index in [-0.39, 0.29) is 0 Å². The molecule has 0 unspecified atom stereocenters. The van der Waals surface area contributed by atoms with E-state index in [2.05, 4.69) is 0 Å². The number of carbonyl (C=O) groups is 1. The van der Waals surface area contributed by atoms with Gasteiger partial charge in [-0.05, 0) is 58.2 Å². The molecule has 0 spiro atoms. The molecule has 0 saturated carbocycles. The third kappa shape index (κ3) is 4.16. The highest BCUT2D eigenvalue weighted by Gasteiger charge is 2.37. The van der Waals surface area contributed by atoms with Crippen LogP contribution in [0.2, 0.25) is 0 Å². The average molecular weight is 228 g/mol. The van der Waals surface area contributed by atoms with Gasteiger partial charge in [0.1, 0.15) is 11.1 Å². The Balaban J connectivity index is 4.44. The van der Waals surface area contributed by atoms with Gasteiger partial charge in [-0.2, -0.15) is 0 Å². The molecule has 5 heteroatoms. The molecule has 0 saturated heterocycles. The van der Waals surface area contributed by atoms with Crippen molar-refractivity contribution in [2.45, 2.75) is 45.8 Å². The number of carbonyl (C=O) groups excluding carboxylic acids is 1. The molecule has 3 nitrogen and oxygen atoms in total. The standard InChI is InChI=1S/C8H15Cl2NO2/c1-7(2,3)13-6(12)8(4,5)11(9)10/h1-5H3. The van der Waals surface area contributed by atoms with Crippen LogP contribution in [0, 0.1) is 0 Å². The van der Waals surface area contributed by atoms with Gasteiger partial charge in [-0.15, -0.1) is 3.94 Å². The molecule has 0 radical (unpaired) electrons. The van der Waals surface area contributed by atoms with Gasteiger partial charge in [0.2, 0.25) is 0 Å². The minimum Gasteiger partial charge on any atom is -0.459 e. The van der Waals surface area contributed by atoms with E-state index in [1.165, 1.54) is 0 Å². The van der Waals surface area contributed by atoms with Gasteiger partial charge < -0.3 is 4.74 Å². The number of hydrogen-bond donors (Lipinski definition) is 0. The maximum Gasteiger partial charge on any atom is 0.329 e. The quantitative estimate of drug-likeness (QED) is 0.537. The van der Waals surface area contributed by atoms with Gasteiger partial charge in [0, 0.05) is 0 Å². The van der Waals surface area contributed by atoms with Gasteiger partial charge in [-0.1, -0.05) is 0 Å². The number of ether oxygens (including phenoxy) is 1. The molecule has 13 heavy (non-hydrogen) atoms. The summed E-state index contributed by atoms with van der Waals surface area (Å²) in [5.74, 6) is -0.454. The minimum absolute atomic E-state index is 0.454. The predicted octanol–water partition coefficient (Wildman–Crippen LogP) is 2.72. The summed E-state index contributed by atoms with van der Waals surface area (Å²) in [6, 6.07) is 0. The Hall–Kier alpha value is 0.01000. The lowest BCUT2D eigenvalue weighted by molar-refractivity contribution is -0.163. The number of esters is 1. The third-order valence-electron chi connectivity index (χ3n) is 1.32. The van der Waals surface area contributed by atoms with Crippen LogP contribution in [0.5, 0.6) is 0 Å². The molecule has 0 rings (SSSR count). The van der Waals surface area contributed by atoms with E-state index < -0.39 is 17.1 Å². The van der Waals surface area contributed by atoms with E-state index in [9.17, 15) is 4.79 Å². The maximum atomic E-state index is 11.5. The fourth-order valence-electron chi connectivity index (χ4n) is 0.472. The zero-order chi connectivity index (χ0) is 10.9. The van der Waals surface area contributed by atoms with E-state index in [4.69, 9.17) is 28.3 Å². The summed E-state index contributed by atoms with van der Waals surface area (Å²) in [5.41, 5.74) is -1.56. The fraction of sp³-hybridized carbons (Fsp3) is 0.875. The van der Waals surface area contributed by atoms with Crippen LogP contribution in [0.1, 0.15) is 34.6 Å². The Bertz CT molecular complexity index is 197. The SMILES string of the molecule is CC(C)(C)OC(=O)C(C)(C)N(Cl)Cl. The normalized spacial score (nSPS) is 13.2.